The van der Waals surface area contributed by atoms with Crippen LogP contribution in [0.3, 0.4) is 0 Å². The minimum atomic E-state index is -0.672. The molecule has 314 valence electrons. The van der Waals surface area contributed by atoms with Gasteiger partial charge >= 0.3 is 12.2 Å². The fourth-order valence-electron chi connectivity index (χ4n) is 8.54. The second kappa shape index (κ2) is 16.7. The first-order valence-electron chi connectivity index (χ1n) is 20.5. The molecule has 0 bridgehead atoms. The van der Waals surface area contributed by atoms with Gasteiger partial charge < -0.3 is 39.0 Å². The van der Waals surface area contributed by atoms with Crippen molar-refractivity contribution in [2.75, 3.05) is 56.3 Å². The number of hydrogen-bond donors (Lipinski definition) is 2. The summed E-state index contributed by atoms with van der Waals surface area (Å²) in [5, 5.41) is 3.00. The first-order chi connectivity index (χ1) is 27.3. The lowest BCUT2D eigenvalue weighted by Crippen LogP contribution is -2.48. The first-order valence-corrected chi connectivity index (χ1v) is 20.5. The second-order valence-electron chi connectivity index (χ2n) is 17.9. The predicted molar refractivity (Wildman–Crippen MR) is 225 cm³/mol. The molecule has 3 aliphatic rings. The fourth-order valence-corrected chi connectivity index (χ4v) is 8.54. The number of carbonyl (C=O) groups is 3. The van der Waals surface area contributed by atoms with Crippen molar-refractivity contribution in [1.82, 2.24) is 15.2 Å². The molecule has 0 aliphatic carbocycles. The number of benzene rings is 2. The van der Waals surface area contributed by atoms with Gasteiger partial charge in [0.15, 0.2) is 0 Å². The third kappa shape index (κ3) is 9.14. The van der Waals surface area contributed by atoms with E-state index in [0.717, 1.165) is 59.3 Å². The van der Waals surface area contributed by atoms with E-state index >= 15 is 0 Å². The molecule has 13 nitrogen and oxygen atoms in total. The zero-order valence-electron chi connectivity index (χ0n) is 35.9. The van der Waals surface area contributed by atoms with E-state index in [1.807, 2.05) is 60.6 Å². The number of aromatic amines is 1. The SMILES string of the molecule is CCN(c1cc(-c2ccc3c(c2)N(C(=O)OC(C)(C)C)CC32CCOCC2)cc(C(=O)NCc2c(OC)cc(C)[nH]c2=O)c1C)C1CCN(C(=O)OC(C)(C)C)CC1. The number of fused-ring (bicyclic) bond motifs is 2. The van der Waals surface area contributed by atoms with E-state index in [-0.39, 0.29) is 35.6 Å². The Kier molecular flexibility index (Phi) is 12.2. The summed E-state index contributed by atoms with van der Waals surface area (Å²) in [7, 11) is 1.50. The van der Waals surface area contributed by atoms with E-state index < -0.39 is 17.3 Å². The average Bonchev–Trinajstić information content (AvgIpc) is 3.46. The van der Waals surface area contributed by atoms with Crippen molar-refractivity contribution in [1.29, 1.82) is 0 Å². The van der Waals surface area contributed by atoms with E-state index in [4.69, 9.17) is 18.9 Å². The zero-order valence-corrected chi connectivity index (χ0v) is 35.9. The topological polar surface area (TPSA) is 143 Å². The Bertz CT molecular complexity index is 2080. The predicted octanol–water partition coefficient (Wildman–Crippen LogP) is 7.63. The number of anilines is 2. The number of aromatic nitrogens is 1. The lowest BCUT2D eigenvalue weighted by atomic mass is 9.75. The van der Waals surface area contributed by atoms with Gasteiger partial charge in [0, 0.05) is 67.8 Å². The number of amides is 3. The van der Waals surface area contributed by atoms with Gasteiger partial charge in [0.25, 0.3) is 11.5 Å². The molecule has 2 saturated heterocycles. The molecule has 1 aromatic heterocycles. The number of nitrogens with zero attached hydrogens (tertiary/aromatic N) is 3. The Balaban J connectivity index is 1.40. The minimum Gasteiger partial charge on any atom is -0.496 e. The van der Waals surface area contributed by atoms with Gasteiger partial charge in [-0.15, -0.1) is 0 Å². The molecule has 3 aromatic rings. The molecule has 58 heavy (non-hydrogen) atoms. The number of rotatable bonds is 8. The Hall–Kier alpha value is -5.04. The number of hydrogen-bond acceptors (Lipinski definition) is 9. The molecule has 0 atom stereocenters. The molecular formula is C45H61N5O8. The van der Waals surface area contributed by atoms with E-state index in [0.29, 0.717) is 62.0 Å². The van der Waals surface area contributed by atoms with Crippen LogP contribution >= 0.6 is 0 Å². The summed E-state index contributed by atoms with van der Waals surface area (Å²) in [5.74, 6) is 0.0636. The molecular weight excluding hydrogens is 739 g/mol. The van der Waals surface area contributed by atoms with E-state index in [2.05, 4.69) is 40.3 Å². The van der Waals surface area contributed by atoms with E-state index in [1.165, 1.54) is 7.11 Å². The number of H-pyrrole nitrogens is 1. The third-order valence-electron chi connectivity index (χ3n) is 11.4. The van der Waals surface area contributed by atoms with E-state index in [1.54, 1.807) is 22.8 Å². The van der Waals surface area contributed by atoms with E-state index in [9.17, 15) is 19.2 Å². The Morgan fingerprint density at radius 2 is 1.59 bits per heavy atom. The fraction of sp³-hybridized carbons (Fsp3) is 0.556. The molecule has 13 heteroatoms. The number of piperidine rings is 1. The highest BCUT2D eigenvalue weighted by atomic mass is 16.6. The second-order valence-corrected chi connectivity index (χ2v) is 17.9. The summed E-state index contributed by atoms with van der Waals surface area (Å²) in [4.78, 5) is 62.7. The van der Waals surface area contributed by atoms with Crippen LogP contribution in [0.1, 0.15) is 107 Å². The van der Waals surface area contributed by atoms with Crippen molar-refractivity contribution in [3.8, 4) is 16.9 Å². The van der Waals surface area contributed by atoms with Gasteiger partial charge in [-0.3, -0.25) is 14.5 Å². The number of carbonyl (C=O) groups excluding carboxylic acids is 3. The number of ether oxygens (including phenoxy) is 4. The largest absolute Gasteiger partial charge is 0.496 e. The van der Waals surface area contributed by atoms with Crippen LogP contribution in [0.15, 0.2) is 41.2 Å². The Labute approximate surface area is 342 Å². The summed E-state index contributed by atoms with van der Waals surface area (Å²) in [6, 6.07) is 12.1. The smallest absolute Gasteiger partial charge is 0.414 e. The van der Waals surface area contributed by atoms with Gasteiger partial charge in [-0.05, 0) is 135 Å². The summed E-state index contributed by atoms with van der Waals surface area (Å²) in [6.07, 6.45) is 2.34. The summed E-state index contributed by atoms with van der Waals surface area (Å²) >= 11 is 0. The van der Waals surface area contributed by atoms with Crippen LogP contribution in [0.25, 0.3) is 11.1 Å². The van der Waals surface area contributed by atoms with Gasteiger partial charge in [0.05, 0.1) is 24.9 Å². The van der Waals surface area contributed by atoms with Crippen molar-refractivity contribution in [2.24, 2.45) is 0 Å². The lowest BCUT2D eigenvalue weighted by Gasteiger charge is -2.40. The van der Waals surface area contributed by atoms with Crippen molar-refractivity contribution in [3.63, 3.8) is 0 Å². The normalized spacial score (nSPS) is 16.9. The maximum Gasteiger partial charge on any atom is 0.414 e. The highest BCUT2D eigenvalue weighted by molar-refractivity contribution is 5.99. The molecule has 4 heterocycles. The number of aryl methyl sites for hydroxylation is 1. The Morgan fingerprint density at radius 3 is 2.21 bits per heavy atom. The zero-order chi connectivity index (χ0) is 42.2. The van der Waals surface area contributed by atoms with Crippen LogP contribution in [-0.4, -0.2) is 91.7 Å². The average molecular weight is 800 g/mol. The maximum atomic E-state index is 14.3. The molecule has 3 amide bonds. The maximum absolute atomic E-state index is 14.3. The third-order valence-corrected chi connectivity index (χ3v) is 11.4. The van der Waals surface area contributed by atoms with Crippen molar-refractivity contribution < 1.29 is 33.3 Å². The molecule has 3 aliphatic heterocycles. The number of methoxy groups -OCH3 is 1. The van der Waals surface area contributed by atoms with Crippen LogP contribution in [0.5, 0.6) is 5.75 Å². The molecule has 2 fully saturated rings. The molecule has 0 saturated carbocycles. The number of nitrogens with one attached hydrogen (secondary N) is 2. The lowest BCUT2D eigenvalue weighted by molar-refractivity contribution is 0.0204. The van der Waals surface area contributed by atoms with Gasteiger partial charge in [0.1, 0.15) is 17.0 Å². The van der Waals surface area contributed by atoms with Gasteiger partial charge in [-0.1, -0.05) is 12.1 Å². The first kappa shape index (κ1) is 42.6. The van der Waals surface area contributed by atoms with Gasteiger partial charge in [-0.25, -0.2) is 9.59 Å². The van der Waals surface area contributed by atoms with Crippen LogP contribution in [-0.2, 0) is 26.2 Å². The molecule has 0 radical (unpaired) electrons. The van der Waals surface area contributed by atoms with Crippen LogP contribution < -0.4 is 25.4 Å². The van der Waals surface area contributed by atoms with Gasteiger partial charge in [-0.2, -0.15) is 0 Å². The molecule has 6 rings (SSSR count). The highest BCUT2D eigenvalue weighted by Gasteiger charge is 2.47. The molecule has 0 unspecified atom stereocenters. The van der Waals surface area contributed by atoms with Crippen LogP contribution in [0, 0.1) is 13.8 Å². The van der Waals surface area contributed by atoms with Crippen molar-refractivity contribution >= 4 is 29.5 Å². The van der Waals surface area contributed by atoms with Crippen LogP contribution in [0.4, 0.5) is 21.0 Å². The van der Waals surface area contributed by atoms with Crippen molar-refractivity contribution in [3.05, 3.63) is 74.7 Å². The number of likely N-dealkylation sites (tertiary alicyclic amines) is 1. The number of pyridine rings is 1. The molecule has 2 N–H and O–H groups in total. The molecule has 2 aromatic carbocycles. The molecule has 1 spiro atoms. The standard InChI is InChI=1S/C45H61N5O8/c1-11-49(32-14-18-48(19-15-32)41(53)57-43(4,5)6)36-25-31(23-33(29(36)3)39(51)46-26-34-38(55-10)22-28(2)47-40(34)52)30-12-13-35-37(24-30)50(42(54)58-44(7,8)9)27-45(35)16-20-56-21-17-45/h12-13,22-25,32H,11,14-21,26-27H2,1-10H3,(H,46,51)(H,47,52). The monoisotopic (exact) mass is 799 g/mol. The summed E-state index contributed by atoms with van der Waals surface area (Å²) in [6.45, 7) is 20.5. The van der Waals surface area contributed by atoms with Crippen LogP contribution in [0.2, 0.25) is 0 Å². The quantitative estimate of drug-likeness (QED) is 0.235. The summed E-state index contributed by atoms with van der Waals surface area (Å²) in [5.41, 5.74) is 4.87. The van der Waals surface area contributed by atoms with Crippen molar-refractivity contribution in [2.45, 2.75) is 117 Å². The highest BCUT2D eigenvalue weighted by Crippen LogP contribution is 2.49. The Morgan fingerprint density at radius 1 is 0.931 bits per heavy atom. The van der Waals surface area contributed by atoms with Gasteiger partial charge in [0.2, 0.25) is 0 Å². The summed E-state index contributed by atoms with van der Waals surface area (Å²) < 4.78 is 22.9. The minimum absolute atomic E-state index is 0.0350.